The number of ether oxygens (including phenoxy) is 2. The maximum absolute atomic E-state index is 10.5. The van der Waals surface area contributed by atoms with Crippen LogP contribution in [0.25, 0.3) is 0 Å². The van der Waals surface area contributed by atoms with Crippen LogP contribution in [0, 0.1) is 0 Å². The Bertz CT molecular complexity index is 352. The monoisotopic (exact) mass is 221 g/mol. The van der Waals surface area contributed by atoms with Crippen LogP contribution in [0.2, 0.25) is 0 Å². The van der Waals surface area contributed by atoms with Gasteiger partial charge in [0.25, 0.3) is 0 Å². The van der Waals surface area contributed by atoms with Crippen LogP contribution in [0.1, 0.15) is 23.2 Å². The van der Waals surface area contributed by atoms with Crippen LogP contribution < -0.4 is 9.84 Å². The summed E-state index contributed by atoms with van der Waals surface area (Å²) < 4.78 is 10.9. The maximum Gasteiger partial charge on any atom is 0.119 e. The van der Waals surface area contributed by atoms with Crippen molar-refractivity contribution in [2.24, 2.45) is 0 Å². The van der Waals surface area contributed by atoms with E-state index in [-0.39, 0.29) is 11.7 Å². The first-order valence-corrected chi connectivity index (χ1v) is 5.31. The van der Waals surface area contributed by atoms with E-state index in [2.05, 4.69) is 0 Å². The van der Waals surface area contributed by atoms with Crippen molar-refractivity contribution in [3.05, 3.63) is 29.8 Å². The molecule has 1 aliphatic heterocycles. The molecule has 1 aliphatic rings. The first kappa shape index (κ1) is 11.0. The maximum atomic E-state index is 10.5. The Labute approximate surface area is 93.8 Å². The molecule has 0 spiro atoms. The lowest BCUT2D eigenvalue weighted by atomic mass is 10.2. The highest BCUT2D eigenvalue weighted by atomic mass is 16.5. The summed E-state index contributed by atoms with van der Waals surface area (Å²) in [5.74, 6) is -0.522. The summed E-state index contributed by atoms with van der Waals surface area (Å²) in [7, 11) is 0. The first-order chi connectivity index (χ1) is 7.75. The van der Waals surface area contributed by atoms with E-state index in [0.29, 0.717) is 12.4 Å². The molecule has 1 fully saturated rings. The lowest BCUT2D eigenvalue weighted by Gasteiger charge is -2.11. The summed E-state index contributed by atoms with van der Waals surface area (Å²) in [6, 6.07) is 6.19. The van der Waals surface area contributed by atoms with Crippen LogP contribution in [-0.4, -0.2) is 25.3 Å². The highest BCUT2D eigenvalue weighted by Gasteiger charge is 2.15. The predicted molar refractivity (Wildman–Crippen MR) is 55.2 cm³/mol. The fourth-order valence-corrected chi connectivity index (χ4v) is 1.65. The first-order valence-electron chi connectivity index (χ1n) is 5.31. The topological polar surface area (TPSA) is 58.6 Å². The number of hydrogen-bond acceptors (Lipinski definition) is 4. The van der Waals surface area contributed by atoms with Crippen LogP contribution in [-0.2, 0) is 4.74 Å². The van der Waals surface area contributed by atoms with Gasteiger partial charge in [-0.3, -0.25) is 0 Å². The zero-order valence-corrected chi connectivity index (χ0v) is 8.85. The molecule has 1 aromatic rings. The van der Waals surface area contributed by atoms with Crippen molar-refractivity contribution in [2.45, 2.75) is 18.9 Å². The zero-order chi connectivity index (χ0) is 11.4. The van der Waals surface area contributed by atoms with E-state index < -0.39 is 5.97 Å². The van der Waals surface area contributed by atoms with Gasteiger partial charge in [0.2, 0.25) is 0 Å². The molecule has 1 aromatic carbocycles. The molecule has 4 heteroatoms. The minimum Gasteiger partial charge on any atom is -0.545 e. The smallest absolute Gasteiger partial charge is 0.119 e. The Balaban J connectivity index is 1.87. The Morgan fingerprint density at radius 1 is 1.44 bits per heavy atom. The average Bonchev–Trinajstić information content (AvgIpc) is 2.80. The molecule has 86 valence electrons. The molecule has 0 amide bonds. The molecule has 0 saturated carbocycles. The number of rotatable bonds is 4. The number of benzene rings is 1. The molecule has 0 radical (unpaired) electrons. The number of aromatic carboxylic acids is 1. The SMILES string of the molecule is O=C([O-])c1ccc(OC[C@H]2CCCO2)cc1. The molecule has 2 rings (SSSR count). The Morgan fingerprint density at radius 2 is 2.19 bits per heavy atom. The Hall–Kier alpha value is -1.55. The van der Waals surface area contributed by atoms with Crippen LogP contribution in [0.4, 0.5) is 0 Å². The summed E-state index contributed by atoms with van der Waals surface area (Å²) in [5, 5.41) is 10.5. The van der Waals surface area contributed by atoms with E-state index in [1.807, 2.05) is 0 Å². The van der Waals surface area contributed by atoms with Crippen molar-refractivity contribution in [2.75, 3.05) is 13.2 Å². The molecule has 1 saturated heterocycles. The third-order valence-corrected chi connectivity index (χ3v) is 2.55. The number of carbonyl (C=O) groups excluding carboxylic acids is 1. The third kappa shape index (κ3) is 2.73. The summed E-state index contributed by atoms with van der Waals surface area (Å²) >= 11 is 0. The average molecular weight is 221 g/mol. The van der Waals surface area contributed by atoms with Gasteiger partial charge in [-0.15, -0.1) is 0 Å². The van der Waals surface area contributed by atoms with Crippen LogP contribution in [0.3, 0.4) is 0 Å². The fraction of sp³-hybridized carbons (Fsp3) is 0.417. The van der Waals surface area contributed by atoms with Gasteiger partial charge in [0.15, 0.2) is 0 Å². The predicted octanol–water partition coefficient (Wildman–Crippen LogP) is 0.608. The standard InChI is InChI=1S/C12H14O4/c13-12(14)9-3-5-10(6-4-9)16-8-11-2-1-7-15-11/h3-6,11H,1-2,7-8H2,(H,13,14)/p-1/t11-/m1/s1. The van der Waals surface area contributed by atoms with Crippen LogP contribution in [0.15, 0.2) is 24.3 Å². The molecule has 0 unspecified atom stereocenters. The van der Waals surface area contributed by atoms with E-state index >= 15 is 0 Å². The largest absolute Gasteiger partial charge is 0.545 e. The van der Waals surface area contributed by atoms with Crippen molar-refractivity contribution in [1.82, 2.24) is 0 Å². The molecule has 1 atom stereocenters. The molecular formula is C12H13O4-. The van der Waals surface area contributed by atoms with Gasteiger partial charge in [-0.1, -0.05) is 0 Å². The quantitative estimate of drug-likeness (QED) is 0.747. The van der Waals surface area contributed by atoms with E-state index in [1.165, 1.54) is 12.1 Å². The minimum absolute atomic E-state index is 0.157. The van der Waals surface area contributed by atoms with Gasteiger partial charge in [0.1, 0.15) is 12.4 Å². The summed E-state index contributed by atoms with van der Waals surface area (Å²) in [4.78, 5) is 10.5. The second-order valence-corrected chi connectivity index (χ2v) is 3.76. The van der Waals surface area contributed by atoms with E-state index in [0.717, 1.165) is 19.4 Å². The number of hydrogen-bond donors (Lipinski definition) is 0. The molecule has 0 aliphatic carbocycles. The molecule has 4 nitrogen and oxygen atoms in total. The lowest BCUT2D eigenvalue weighted by Crippen LogP contribution is -2.22. The molecular weight excluding hydrogens is 208 g/mol. The molecule has 0 aromatic heterocycles. The van der Waals surface area contributed by atoms with Gasteiger partial charge < -0.3 is 19.4 Å². The van der Waals surface area contributed by atoms with E-state index in [9.17, 15) is 9.90 Å². The second-order valence-electron chi connectivity index (χ2n) is 3.76. The van der Waals surface area contributed by atoms with Crippen molar-refractivity contribution >= 4 is 5.97 Å². The van der Waals surface area contributed by atoms with Crippen molar-refractivity contribution in [1.29, 1.82) is 0 Å². The summed E-state index contributed by atoms with van der Waals surface area (Å²) in [6.45, 7) is 1.32. The Morgan fingerprint density at radius 3 is 2.75 bits per heavy atom. The molecule has 0 N–H and O–H groups in total. The molecule has 16 heavy (non-hydrogen) atoms. The van der Waals surface area contributed by atoms with Gasteiger partial charge in [-0.2, -0.15) is 0 Å². The van der Waals surface area contributed by atoms with E-state index in [1.54, 1.807) is 12.1 Å². The lowest BCUT2D eigenvalue weighted by molar-refractivity contribution is -0.255. The number of carboxylic acid groups (broad SMARTS) is 1. The number of carboxylic acids is 1. The second kappa shape index (κ2) is 4.99. The molecule has 1 heterocycles. The van der Waals surface area contributed by atoms with Crippen molar-refractivity contribution < 1.29 is 19.4 Å². The van der Waals surface area contributed by atoms with E-state index in [4.69, 9.17) is 9.47 Å². The normalized spacial score (nSPS) is 19.6. The van der Waals surface area contributed by atoms with Crippen molar-refractivity contribution in [3.63, 3.8) is 0 Å². The van der Waals surface area contributed by atoms with Crippen molar-refractivity contribution in [3.8, 4) is 5.75 Å². The van der Waals surface area contributed by atoms with Crippen LogP contribution >= 0.6 is 0 Å². The highest BCUT2D eigenvalue weighted by molar-refractivity contribution is 5.85. The van der Waals surface area contributed by atoms with Gasteiger partial charge in [0.05, 0.1) is 12.1 Å². The fourth-order valence-electron chi connectivity index (χ4n) is 1.65. The van der Waals surface area contributed by atoms with Gasteiger partial charge in [-0.05, 0) is 42.7 Å². The highest BCUT2D eigenvalue weighted by Crippen LogP contribution is 2.16. The zero-order valence-electron chi connectivity index (χ0n) is 8.85. The van der Waals surface area contributed by atoms with Gasteiger partial charge in [0, 0.05) is 6.61 Å². The van der Waals surface area contributed by atoms with Gasteiger partial charge >= 0.3 is 0 Å². The third-order valence-electron chi connectivity index (χ3n) is 2.55. The Kier molecular flexibility index (Phi) is 3.41. The van der Waals surface area contributed by atoms with Crippen LogP contribution in [0.5, 0.6) is 5.75 Å². The summed E-state index contributed by atoms with van der Waals surface area (Å²) in [6.07, 6.45) is 2.27. The summed E-state index contributed by atoms with van der Waals surface area (Å²) in [5.41, 5.74) is 0.157. The minimum atomic E-state index is -1.18. The van der Waals surface area contributed by atoms with Gasteiger partial charge in [-0.25, -0.2) is 0 Å². The molecule has 0 bridgehead atoms. The number of carbonyl (C=O) groups is 1.